The normalized spacial score (nSPS) is 24.6. The Morgan fingerprint density at radius 1 is 1.24 bits per heavy atom. The summed E-state index contributed by atoms with van der Waals surface area (Å²) in [7, 11) is 2.11. The summed E-state index contributed by atoms with van der Waals surface area (Å²) in [5, 5.41) is 12.0. The standard InChI is InChI=1S/C12H15N5/c1-9-12(10-6-4-3-5-7-10)17-11(8-16(9)2)13-14-15-17/h3-7,9,12H,8H2,1-2H3/t9-,12+/m0/s1. The van der Waals surface area contributed by atoms with Crippen LogP contribution in [0.15, 0.2) is 30.3 Å². The van der Waals surface area contributed by atoms with Crippen LogP contribution in [-0.2, 0) is 6.54 Å². The topological polar surface area (TPSA) is 46.8 Å². The predicted molar refractivity (Wildman–Crippen MR) is 63.3 cm³/mol. The first-order valence-electron chi connectivity index (χ1n) is 5.79. The van der Waals surface area contributed by atoms with Crippen molar-refractivity contribution < 1.29 is 0 Å². The molecule has 0 aliphatic carbocycles. The van der Waals surface area contributed by atoms with Gasteiger partial charge in [0, 0.05) is 6.04 Å². The Bertz CT molecular complexity index is 507. The first-order chi connectivity index (χ1) is 8.27. The Balaban J connectivity index is 2.10. The monoisotopic (exact) mass is 229 g/mol. The zero-order valence-electron chi connectivity index (χ0n) is 9.98. The van der Waals surface area contributed by atoms with Gasteiger partial charge in [-0.2, -0.15) is 0 Å². The van der Waals surface area contributed by atoms with Gasteiger partial charge in [-0.3, -0.25) is 4.90 Å². The zero-order valence-corrected chi connectivity index (χ0v) is 9.98. The molecule has 0 spiro atoms. The highest BCUT2D eigenvalue weighted by atomic mass is 15.6. The van der Waals surface area contributed by atoms with E-state index in [2.05, 4.69) is 58.7 Å². The molecular weight excluding hydrogens is 214 g/mol. The Morgan fingerprint density at radius 3 is 2.76 bits per heavy atom. The molecule has 0 amide bonds. The van der Waals surface area contributed by atoms with Crippen LogP contribution < -0.4 is 0 Å². The van der Waals surface area contributed by atoms with E-state index in [1.807, 2.05) is 10.7 Å². The lowest BCUT2D eigenvalue weighted by molar-refractivity contribution is 0.152. The van der Waals surface area contributed by atoms with Crippen LogP contribution in [0.3, 0.4) is 0 Å². The highest BCUT2D eigenvalue weighted by Crippen LogP contribution is 2.29. The maximum atomic E-state index is 4.13. The van der Waals surface area contributed by atoms with Gasteiger partial charge in [-0.1, -0.05) is 30.3 Å². The Labute approximate surface area is 100 Å². The number of nitrogens with zero attached hydrogens (tertiary/aromatic N) is 5. The van der Waals surface area contributed by atoms with Crippen molar-refractivity contribution in [2.75, 3.05) is 7.05 Å². The van der Waals surface area contributed by atoms with Crippen molar-refractivity contribution in [2.24, 2.45) is 0 Å². The van der Waals surface area contributed by atoms with Crippen molar-refractivity contribution in [2.45, 2.75) is 25.6 Å². The molecule has 17 heavy (non-hydrogen) atoms. The van der Waals surface area contributed by atoms with E-state index in [9.17, 15) is 0 Å². The van der Waals surface area contributed by atoms with Gasteiger partial charge in [-0.05, 0) is 30.0 Å². The van der Waals surface area contributed by atoms with Gasteiger partial charge in [0.2, 0.25) is 0 Å². The summed E-state index contributed by atoms with van der Waals surface area (Å²) in [5.41, 5.74) is 1.25. The van der Waals surface area contributed by atoms with E-state index >= 15 is 0 Å². The van der Waals surface area contributed by atoms with Gasteiger partial charge in [0.05, 0.1) is 12.6 Å². The summed E-state index contributed by atoms with van der Waals surface area (Å²) < 4.78 is 1.94. The molecule has 1 aromatic heterocycles. The third-order valence-electron chi connectivity index (χ3n) is 3.51. The largest absolute Gasteiger partial charge is 0.294 e. The van der Waals surface area contributed by atoms with Crippen LogP contribution in [0.2, 0.25) is 0 Å². The summed E-state index contributed by atoms with van der Waals surface area (Å²) >= 11 is 0. The number of likely N-dealkylation sites (N-methyl/N-ethyl adjacent to an activating group) is 1. The first-order valence-corrected chi connectivity index (χ1v) is 5.79. The zero-order chi connectivity index (χ0) is 11.8. The maximum Gasteiger partial charge on any atom is 0.166 e. The smallest absolute Gasteiger partial charge is 0.166 e. The molecule has 0 radical (unpaired) electrons. The molecule has 2 heterocycles. The molecule has 0 saturated heterocycles. The molecule has 0 unspecified atom stereocenters. The molecule has 0 bridgehead atoms. The summed E-state index contributed by atoms with van der Waals surface area (Å²) in [5.74, 6) is 0.930. The summed E-state index contributed by atoms with van der Waals surface area (Å²) in [4.78, 5) is 2.28. The van der Waals surface area contributed by atoms with Crippen LogP contribution >= 0.6 is 0 Å². The second-order valence-electron chi connectivity index (χ2n) is 4.55. The number of rotatable bonds is 1. The van der Waals surface area contributed by atoms with E-state index < -0.39 is 0 Å². The fourth-order valence-electron chi connectivity index (χ4n) is 2.41. The second-order valence-corrected chi connectivity index (χ2v) is 4.55. The second kappa shape index (κ2) is 3.92. The Morgan fingerprint density at radius 2 is 2.00 bits per heavy atom. The number of benzene rings is 1. The molecular formula is C12H15N5. The molecule has 5 nitrogen and oxygen atoms in total. The number of hydrogen-bond donors (Lipinski definition) is 0. The molecule has 0 fully saturated rings. The quantitative estimate of drug-likeness (QED) is 0.734. The van der Waals surface area contributed by atoms with Gasteiger partial charge in [-0.15, -0.1) is 5.10 Å². The molecule has 1 aliphatic rings. The predicted octanol–water partition coefficient (Wildman–Crippen LogP) is 1.10. The molecule has 1 aliphatic heterocycles. The average Bonchev–Trinajstić information content (AvgIpc) is 2.79. The first kappa shape index (κ1) is 10.4. The molecule has 2 atom stereocenters. The number of fused-ring (bicyclic) bond motifs is 1. The van der Waals surface area contributed by atoms with Crippen molar-refractivity contribution in [3.63, 3.8) is 0 Å². The third kappa shape index (κ3) is 1.63. The fourth-order valence-corrected chi connectivity index (χ4v) is 2.41. The van der Waals surface area contributed by atoms with Crippen LogP contribution in [0.5, 0.6) is 0 Å². The Kier molecular flexibility index (Phi) is 2.40. The maximum absolute atomic E-state index is 4.13. The minimum absolute atomic E-state index is 0.194. The average molecular weight is 229 g/mol. The summed E-state index contributed by atoms with van der Waals surface area (Å²) in [6.45, 7) is 3.01. The minimum atomic E-state index is 0.194. The van der Waals surface area contributed by atoms with E-state index in [0.717, 1.165) is 12.4 Å². The van der Waals surface area contributed by atoms with Gasteiger partial charge in [0.15, 0.2) is 5.82 Å². The van der Waals surface area contributed by atoms with Crippen molar-refractivity contribution in [3.8, 4) is 0 Å². The van der Waals surface area contributed by atoms with E-state index in [0.29, 0.717) is 6.04 Å². The molecule has 88 valence electrons. The fraction of sp³-hybridized carbons (Fsp3) is 0.417. The van der Waals surface area contributed by atoms with E-state index in [1.54, 1.807) is 0 Å². The number of tetrazole rings is 1. The molecule has 2 aromatic rings. The van der Waals surface area contributed by atoms with Crippen LogP contribution in [0.1, 0.15) is 24.4 Å². The molecule has 0 saturated carbocycles. The van der Waals surface area contributed by atoms with Crippen LogP contribution in [-0.4, -0.2) is 38.2 Å². The van der Waals surface area contributed by atoms with Crippen molar-refractivity contribution >= 4 is 0 Å². The summed E-state index contributed by atoms with van der Waals surface area (Å²) in [6.07, 6.45) is 0. The van der Waals surface area contributed by atoms with Crippen molar-refractivity contribution in [1.82, 2.24) is 25.1 Å². The lowest BCUT2D eigenvalue weighted by atomic mass is 9.98. The van der Waals surface area contributed by atoms with Gasteiger partial charge in [0.1, 0.15) is 0 Å². The van der Waals surface area contributed by atoms with Crippen molar-refractivity contribution in [3.05, 3.63) is 41.7 Å². The van der Waals surface area contributed by atoms with Crippen LogP contribution in [0.25, 0.3) is 0 Å². The molecule has 0 N–H and O–H groups in total. The van der Waals surface area contributed by atoms with Gasteiger partial charge in [0.25, 0.3) is 0 Å². The highest BCUT2D eigenvalue weighted by molar-refractivity contribution is 5.22. The lowest BCUT2D eigenvalue weighted by Crippen LogP contribution is -2.43. The van der Waals surface area contributed by atoms with Crippen LogP contribution in [0, 0.1) is 0 Å². The number of aromatic nitrogens is 4. The van der Waals surface area contributed by atoms with Gasteiger partial charge >= 0.3 is 0 Å². The number of hydrogen-bond acceptors (Lipinski definition) is 4. The molecule has 3 rings (SSSR count). The van der Waals surface area contributed by atoms with E-state index in [-0.39, 0.29) is 6.04 Å². The minimum Gasteiger partial charge on any atom is -0.294 e. The molecule has 1 aromatic carbocycles. The van der Waals surface area contributed by atoms with Gasteiger partial charge < -0.3 is 0 Å². The van der Waals surface area contributed by atoms with E-state index in [1.165, 1.54) is 5.56 Å². The highest BCUT2D eigenvalue weighted by Gasteiger charge is 2.32. The van der Waals surface area contributed by atoms with Crippen LogP contribution in [0.4, 0.5) is 0 Å². The third-order valence-corrected chi connectivity index (χ3v) is 3.51. The van der Waals surface area contributed by atoms with Gasteiger partial charge in [-0.25, -0.2) is 4.68 Å². The van der Waals surface area contributed by atoms with Crippen molar-refractivity contribution in [1.29, 1.82) is 0 Å². The summed E-state index contributed by atoms with van der Waals surface area (Å²) in [6, 6.07) is 11.0. The van der Waals surface area contributed by atoms with E-state index in [4.69, 9.17) is 0 Å². The SMILES string of the molecule is C[C@H]1[C@H](c2ccccc2)n2nnnc2CN1C. The Hall–Kier alpha value is -1.75. The lowest BCUT2D eigenvalue weighted by Gasteiger charge is -2.36. The molecule has 5 heteroatoms.